The molecule has 2 rings (SSSR count). The number of anilines is 2. The van der Waals surface area contributed by atoms with Crippen LogP contribution >= 0.6 is 0 Å². The first kappa shape index (κ1) is 15.0. The highest BCUT2D eigenvalue weighted by atomic mass is 16.5. The van der Waals surface area contributed by atoms with Crippen LogP contribution in [-0.2, 0) is 11.2 Å². The number of nitrogens with zero attached hydrogens (tertiary/aromatic N) is 3. The Bertz CT molecular complexity index is 418. The topological polar surface area (TPSA) is 50.3 Å². The highest BCUT2D eigenvalue weighted by molar-refractivity contribution is 5.59. The molecule has 0 radical (unpaired) electrons. The molecule has 0 bridgehead atoms. The van der Waals surface area contributed by atoms with Gasteiger partial charge in [-0.3, -0.25) is 0 Å². The van der Waals surface area contributed by atoms with Crippen LogP contribution in [0.1, 0.15) is 38.7 Å². The first-order valence-corrected chi connectivity index (χ1v) is 7.66. The summed E-state index contributed by atoms with van der Waals surface area (Å²) < 4.78 is 5.45. The Hall–Kier alpha value is -1.36. The van der Waals surface area contributed by atoms with Crippen molar-refractivity contribution < 1.29 is 4.74 Å². The molecule has 112 valence electrons. The summed E-state index contributed by atoms with van der Waals surface area (Å²) in [5, 5.41) is 3.36. The molecule has 1 aliphatic rings. The Labute approximate surface area is 121 Å². The third kappa shape index (κ3) is 3.39. The number of rotatable bonds is 6. The maximum atomic E-state index is 5.45. The van der Waals surface area contributed by atoms with Gasteiger partial charge >= 0.3 is 0 Å². The van der Waals surface area contributed by atoms with Gasteiger partial charge in [0.25, 0.3) is 0 Å². The molecule has 1 aromatic heterocycles. The Kier molecular flexibility index (Phi) is 5.59. The van der Waals surface area contributed by atoms with Crippen molar-refractivity contribution in [3.63, 3.8) is 0 Å². The minimum atomic E-state index is 0.517. The van der Waals surface area contributed by atoms with Crippen molar-refractivity contribution in [2.75, 3.05) is 37.0 Å². The lowest BCUT2D eigenvalue weighted by Crippen LogP contribution is -2.37. The van der Waals surface area contributed by atoms with E-state index in [-0.39, 0.29) is 0 Å². The van der Waals surface area contributed by atoms with Crippen LogP contribution in [0.15, 0.2) is 6.33 Å². The standard InChI is InChI=1S/C15H26N4O/c1-4-6-13-14(16-5-2)17-11-18-15(13)19(3)12-7-9-20-10-8-12/h11-12H,4-10H2,1-3H3,(H,16,17,18). The van der Waals surface area contributed by atoms with E-state index >= 15 is 0 Å². The quantitative estimate of drug-likeness (QED) is 0.866. The zero-order valence-electron chi connectivity index (χ0n) is 12.9. The molecule has 5 heteroatoms. The Balaban J connectivity index is 2.26. The molecule has 0 spiro atoms. The van der Waals surface area contributed by atoms with E-state index in [0.29, 0.717) is 6.04 Å². The number of nitrogens with one attached hydrogen (secondary N) is 1. The van der Waals surface area contributed by atoms with Crippen molar-refractivity contribution in [2.24, 2.45) is 0 Å². The van der Waals surface area contributed by atoms with E-state index < -0.39 is 0 Å². The monoisotopic (exact) mass is 278 g/mol. The van der Waals surface area contributed by atoms with Crippen LogP contribution in [-0.4, -0.2) is 42.8 Å². The van der Waals surface area contributed by atoms with Crippen LogP contribution in [0.3, 0.4) is 0 Å². The largest absolute Gasteiger partial charge is 0.381 e. The molecule has 1 fully saturated rings. The summed E-state index contributed by atoms with van der Waals surface area (Å²) >= 11 is 0. The van der Waals surface area contributed by atoms with Crippen molar-refractivity contribution in [2.45, 2.75) is 45.6 Å². The Morgan fingerprint density at radius 2 is 2.05 bits per heavy atom. The van der Waals surface area contributed by atoms with Crippen molar-refractivity contribution >= 4 is 11.6 Å². The molecule has 0 unspecified atom stereocenters. The Morgan fingerprint density at radius 3 is 2.70 bits per heavy atom. The van der Waals surface area contributed by atoms with Crippen molar-refractivity contribution in [1.29, 1.82) is 0 Å². The van der Waals surface area contributed by atoms with Crippen LogP contribution in [0.25, 0.3) is 0 Å². The van der Waals surface area contributed by atoms with E-state index in [9.17, 15) is 0 Å². The first-order chi connectivity index (χ1) is 9.77. The van der Waals surface area contributed by atoms with Crippen molar-refractivity contribution in [1.82, 2.24) is 9.97 Å². The van der Waals surface area contributed by atoms with Gasteiger partial charge in [-0.1, -0.05) is 13.3 Å². The van der Waals surface area contributed by atoms with Gasteiger partial charge in [-0.2, -0.15) is 0 Å². The van der Waals surface area contributed by atoms with Gasteiger partial charge in [-0.05, 0) is 26.2 Å². The summed E-state index contributed by atoms with van der Waals surface area (Å²) in [6.45, 7) is 6.88. The van der Waals surface area contributed by atoms with Gasteiger partial charge in [0, 0.05) is 38.4 Å². The van der Waals surface area contributed by atoms with Crippen LogP contribution in [0.2, 0.25) is 0 Å². The molecule has 0 amide bonds. The zero-order chi connectivity index (χ0) is 14.4. The molecule has 0 aliphatic carbocycles. The molecule has 0 aromatic carbocycles. The van der Waals surface area contributed by atoms with Gasteiger partial charge in [0.1, 0.15) is 18.0 Å². The molecule has 1 saturated heterocycles. The summed E-state index contributed by atoms with van der Waals surface area (Å²) in [6.07, 6.45) is 5.92. The molecule has 5 nitrogen and oxygen atoms in total. The number of hydrogen-bond acceptors (Lipinski definition) is 5. The third-order valence-corrected chi connectivity index (χ3v) is 3.84. The van der Waals surface area contributed by atoms with E-state index in [0.717, 1.165) is 57.1 Å². The molecule has 2 heterocycles. The molecule has 1 aromatic rings. The van der Waals surface area contributed by atoms with Crippen LogP contribution in [0.4, 0.5) is 11.6 Å². The maximum absolute atomic E-state index is 5.45. The molecule has 0 saturated carbocycles. The zero-order valence-corrected chi connectivity index (χ0v) is 12.9. The van der Waals surface area contributed by atoms with E-state index in [4.69, 9.17) is 4.74 Å². The van der Waals surface area contributed by atoms with Crippen molar-refractivity contribution in [3.05, 3.63) is 11.9 Å². The predicted octanol–water partition coefficient (Wildman–Crippen LogP) is 2.48. The maximum Gasteiger partial charge on any atom is 0.137 e. The molecular formula is C15H26N4O. The second-order valence-corrected chi connectivity index (χ2v) is 5.26. The summed E-state index contributed by atoms with van der Waals surface area (Å²) in [6, 6.07) is 0.517. The lowest BCUT2D eigenvalue weighted by atomic mass is 10.1. The fourth-order valence-corrected chi connectivity index (χ4v) is 2.75. The van der Waals surface area contributed by atoms with E-state index in [1.54, 1.807) is 6.33 Å². The van der Waals surface area contributed by atoms with Crippen LogP contribution in [0, 0.1) is 0 Å². The van der Waals surface area contributed by atoms with Crippen LogP contribution < -0.4 is 10.2 Å². The summed E-state index contributed by atoms with van der Waals surface area (Å²) in [5.41, 5.74) is 1.24. The first-order valence-electron chi connectivity index (χ1n) is 7.66. The smallest absolute Gasteiger partial charge is 0.137 e. The second-order valence-electron chi connectivity index (χ2n) is 5.26. The molecule has 1 N–H and O–H groups in total. The minimum Gasteiger partial charge on any atom is -0.381 e. The molecule has 1 aliphatic heterocycles. The Morgan fingerprint density at radius 1 is 1.30 bits per heavy atom. The third-order valence-electron chi connectivity index (χ3n) is 3.84. The normalized spacial score (nSPS) is 16.1. The van der Waals surface area contributed by atoms with Gasteiger partial charge < -0.3 is 15.0 Å². The molecular weight excluding hydrogens is 252 g/mol. The van der Waals surface area contributed by atoms with Crippen molar-refractivity contribution in [3.8, 4) is 0 Å². The number of ether oxygens (including phenoxy) is 1. The summed E-state index contributed by atoms with van der Waals surface area (Å²) in [4.78, 5) is 11.3. The predicted molar refractivity (Wildman–Crippen MR) is 82.4 cm³/mol. The highest BCUT2D eigenvalue weighted by Gasteiger charge is 2.22. The van der Waals surface area contributed by atoms with Gasteiger partial charge in [0.05, 0.1) is 0 Å². The van der Waals surface area contributed by atoms with Gasteiger partial charge in [-0.15, -0.1) is 0 Å². The molecule has 20 heavy (non-hydrogen) atoms. The minimum absolute atomic E-state index is 0.517. The number of aromatic nitrogens is 2. The fourth-order valence-electron chi connectivity index (χ4n) is 2.75. The van der Waals surface area contributed by atoms with E-state index in [2.05, 4.69) is 41.1 Å². The fraction of sp³-hybridized carbons (Fsp3) is 0.733. The highest BCUT2D eigenvalue weighted by Crippen LogP contribution is 2.27. The SMILES string of the molecule is CCCc1c(NCC)ncnc1N(C)C1CCOCC1. The lowest BCUT2D eigenvalue weighted by molar-refractivity contribution is 0.0853. The average molecular weight is 278 g/mol. The van der Waals surface area contributed by atoms with E-state index in [1.807, 2.05) is 0 Å². The van der Waals surface area contributed by atoms with Gasteiger partial charge in [0.2, 0.25) is 0 Å². The number of hydrogen-bond donors (Lipinski definition) is 1. The molecule has 0 atom stereocenters. The van der Waals surface area contributed by atoms with E-state index in [1.165, 1.54) is 5.56 Å². The van der Waals surface area contributed by atoms with Crippen LogP contribution in [0.5, 0.6) is 0 Å². The van der Waals surface area contributed by atoms with Gasteiger partial charge in [0.15, 0.2) is 0 Å². The summed E-state index contributed by atoms with van der Waals surface area (Å²) in [5.74, 6) is 2.06. The lowest BCUT2D eigenvalue weighted by Gasteiger charge is -2.33. The summed E-state index contributed by atoms with van der Waals surface area (Å²) in [7, 11) is 2.15. The van der Waals surface area contributed by atoms with Gasteiger partial charge in [-0.25, -0.2) is 9.97 Å². The average Bonchev–Trinajstić information content (AvgIpc) is 2.49. The second kappa shape index (κ2) is 7.43.